The van der Waals surface area contributed by atoms with Gasteiger partial charge in [0.15, 0.2) is 0 Å². The van der Waals surface area contributed by atoms with E-state index in [4.69, 9.17) is 0 Å². The molecule has 8 aromatic rings. The van der Waals surface area contributed by atoms with Crippen molar-refractivity contribution in [3.63, 3.8) is 0 Å². The molecular formula is C52H46N2. The van der Waals surface area contributed by atoms with Gasteiger partial charge in [-0.3, -0.25) is 0 Å². The molecule has 0 N–H and O–H groups in total. The third-order valence-corrected chi connectivity index (χ3v) is 11.7. The highest BCUT2D eigenvalue weighted by molar-refractivity contribution is 5.91. The van der Waals surface area contributed by atoms with Crippen LogP contribution in [-0.4, -0.2) is 0 Å². The van der Waals surface area contributed by atoms with Crippen molar-refractivity contribution in [3.8, 4) is 0 Å². The van der Waals surface area contributed by atoms with Gasteiger partial charge < -0.3 is 9.80 Å². The van der Waals surface area contributed by atoms with E-state index in [0.29, 0.717) is 0 Å². The van der Waals surface area contributed by atoms with Crippen molar-refractivity contribution >= 4 is 55.7 Å². The molecule has 0 amide bonds. The Hall–Kier alpha value is -6.12. The molecule has 0 bridgehead atoms. The molecule has 0 saturated heterocycles. The highest BCUT2D eigenvalue weighted by Gasteiger charge is 2.46. The van der Waals surface area contributed by atoms with Gasteiger partial charge in [-0.15, -0.1) is 0 Å². The second-order valence-electron chi connectivity index (χ2n) is 16.1. The standard InChI is InChI=1S/C52H46N2/c1-36-14-22-43(23-15-36)53(46-26-18-38-10-6-8-12-40(38)32-46)45-28-20-42(21-29-45)52(5)35-51(3,4)49-31-30-48(34-50(49)52)54(44-24-16-37(2)17-25-44)47-27-19-39-11-7-9-13-41(39)33-47/h6-34H,35H2,1-5H3. The first-order chi connectivity index (χ1) is 26.2. The molecule has 0 saturated carbocycles. The highest BCUT2D eigenvalue weighted by Crippen LogP contribution is 2.54. The van der Waals surface area contributed by atoms with Crippen LogP contribution < -0.4 is 9.80 Å². The highest BCUT2D eigenvalue weighted by atomic mass is 15.1. The molecule has 0 radical (unpaired) electrons. The fourth-order valence-electron chi connectivity index (χ4n) is 8.94. The van der Waals surface area contributed by atoms with Gasteiger partial charge in [-0.25, -0.2) is 0 Å². The van der Waals surface area contributed by atoms with E-state index in [1.807, 2.05) is 0 Å². The van der Waals surface area contributed by atoms with Crippen LogP contribution in [0.4, 0.5) is 34.1 Å². The summed E-state index contributed by atoms with van der Waals surface area (Å²) in [7, 11) is 0. The minimum atomic E-state index is -0.173. The molecule has 1 aliphatic carbocycles. The number of hydrogen-bond acceptors (Lipinski definition) is 2. The van der Waals surface area contributed by atoms with Crippen LogP contribution in [0.25, 0.3) is 21.5 Å². The summed E-state index contributed by atoms with van der Waals surface area (Å²) in [5.74, 6) is 0. The van der Waals surface area contributed by atoms with Gasteiger partial charge in [0.25, 0.3) is 0 Å². The number of fused-ring (bicyclic) bond motifs is 3. The molecule has 2 heteroatoms. The Labute approximate surface area is 320 Å². The van der Waals surface area contributed by atoms with Crippen molar-refractivity contribution in [2.45, 2.75) is 51.9 Å². The molecule has 0 aliphatic heterocycles. The zero-order valence-electron chi connectivity index (χ0n) is 31.8. The van der Waals surface area contributed by atoms with Gasteiger partial charge in [0, 0.05) is 39.5 Å². The molecule has 264 valence electrons. The van der Waals surface area contributed by atoms with Gasteiger partial charge >= 0.3 is 0 Å². The summed E-state index contributed by atoms with van der Waals surface area (Å²) >= 11 is 0. The van der Waals surface area contributed by atoms with Crippen LogP contribution >= 0.6 is 0 Å². The molecule has 1 atom stereocenters. The lowest BCUT2D eigenvalue weighted by molar-refractivity contribution is 0.425. The van der Waals surface area contributed by atoms with Crippen molar-refractivity contribution in [3.05, 3.63) is 204 Å². The van der Waals surface area contributed by atoms with Crippen LogP contribution in [-0.2, 0) is 10.8 Å². The third-order valence-electron chi connectivity index (χ3n) is 11.7. The second-order valence-corrected chi connectivity index (χ2v) is 16.1. The van der Waals surface area contributed by atoms with Crippen molar-refractivity contribution in [1.82, 2.24) is 0 Å². The minimum absolute atomic E-state index is 0.0257. The van der Waals surface area contributed by atoms with Crippen molar-refractivity contribution in [2.75, 3.05) is 9.80 Å². The Balaban J connectivity index is 1.14. The van der Waals surface area contributed by atoms with E-state index >= 15 is 0 Å². The van der Waals surface area contributed by atoms with Crippen LogP contribution in [0.5, 0.6) is 0 Å². The zero-order chi connectivity index (χ0) is 37.0. The Morgan fingerprint density at radius 2 is 0.759 bits per heavy atom. The molecule has 9 rings (SSSR count). The van der Waals surface area contributed by atoms with Gasteiger partial charge in [-0.1, -0.05) is 135 Å². The summed E-state index contributed by atoms with van der Waals surface area (Å²) in [6.07, 6.45) is 1.03. The Bertz CT molecular complexity index is 2630. The fraction of sp³-hybridized carbons (Fsp3) is 0.154. The van der Waals surface area contributed by atoms with E-state index < -0.39 is 0 Å². The summed E-state index contributed by atoms with van der Waals surface area (Å²) in [6, 6.07) is 65.2. The van der Waals surface area contributed by atoms with Gasteiger partial charge in [-0.05, 0) is 137 Å². The quantitative estimate of drug-likeness (QED) is 0.163. The monoisotopic (exact) mass is 698 g/mol. The van der Waals surface area contributed by atoms with Crippen LogP contribution in [0.1, 0.15) is 55.0 Å². The van der Waals surface area contributed by atoms with Crippen LogP contribution in [0, 0.1) is 13.8 Å². The maximum Gasteiger partial charge on any atom is 0.0468 e. The lowest BCUT2D eigenvalue weighted by Gasteiger charge is -2.31. The van der Waals surface area contributed by atoms with E-state index in [2.05, 4.69) is 220 Å². The van der Waals surface area contributed by atoms with E-state index in [0.717, 1.165) is 34.9 Å². The summed E-state index contributed by atoms with van der Waals surface area (Å²) in [4.78, 5) is 4.80. The topological polar surface area (TPSA) is 6.48 Å². The molecular weight excluding hydrogens is 653 g/mol. The van der Waals surface area contributed by atoms with E-state index in [1.165, 1.54) is 55.0 Å². The summed E-state index contributed by atoms with van der Waals surface area (Å²) in [5.41, 5.74) is 13.5. The number of anilines is 6. The number of hydrogen-bond donors (Lipinski definition) is 0. The van der Waals surface area contributed by atoms with Gasteiger partial charge in [0.2, 0.25) is 0 Å². The van der Waals surface area contributed by atoms with Crippen molar-refractivity contribution in [1.29, 1.82) is 0 Å². The number of aryl methyl sites for hydroxylation is 2. The van der Waals surface area contributed by atoms with Crippen LogP contribution in [0.3, 0.4) is 0 Å². The molecule has 1 aliphatic rings. The molecule has 0 heterocycles. The van der Waals surface area contributed by atoms with Gasteiger partial charge in [0.05, 0.1) is 0 Å². The van der Waals surface area contributed by atoms with E-state index in [-0.39, 0.29) is 10.8 Å². The second kappa shape index (κ2) is 13.1. The molecule has 8 aromatic carbocycles. The van der Waals surface area contributed by atoms with Crippen molar-refractivity contribution in [2.24, 2.45) is 0 Å². The van der Waals surface area contributed by atoms with Crippen LogP contribution in [0.15, 0.2) is 176 Å². The summed E-state index contributed by atoms with van der Waals surface area (Å²) in [5, 5.41) is 4.97. The molecule has 54 heavy (non-hydrogen) atoms. The maximum absolute atomic E-state index is 2.47. The normalized spacial score (nSPS) is 16.0. The number of rotatable bonds is 7. The molecule has 2 nitrogen and oxygen atoms in total. The van der Waals surface area contributed by atoms with Crippen LogP contribution in [0.2, 0.25) is 0 Å². The summed E-state index contributed by atoms with van der Waals surface area (Å²) in [6.45, 7) is 11.6. The average Bonchev–Trinajstić information content (AvgIpc) is 3.41. The largest absolute Gasteiger partial charge is 0.310 e. The smallest absolute Gasteiger partial charge is 0.0468 e. The Morgan fingerprint density at radius 3 is 1.26 bits per heavy atom. The lowest BCUT2D eigenvalue weighted by Crippen LogP contribution is -2.23. The van der Waals surface area contributed by atoms with Crippen molar-refractivity contribution < 1.29 is 0 Å². The lowest BCUT2D eigenvalue weighted by atomic mass is 9.75. The molecule has 1 unspecified atom stereocenters. The fourth-order valence-corrected chi connectivity index (χ4v) is 8.94. The van der Waals surface area contributed by atoms with E-state index in [1.54, 1.807) is 0 Å². The Morgan fingerprint density at radius 1 is 0.370 bits per heavy atom. The molecule has 0 fully saturated rings. The first kappa shape index (κ1) is 33.7. The predicted octanol–water partition coefficient (Wildman–Crippen LogP) is 14.5. The van der Waals surface area contributed by atoms with Gasteiger partial charge in [-0.2, -0.15) is 0 Å². The number of nitrogens with zero attached hydrogens (tertiary/aromatic N) is 2. The molecule has 0 aromatic heterocycles. The minimum Gasteiger partial charge on any atom is -0.310 e. The first-order valence-electron chi connectivity index (χ1n) is 19.1. The van der Waals surface area contributed by atoms with E-state index in [9.17, 15) is 0 Å². The first-order valence-corrected chi connectivity index (χ1v) is 19.1. The number of benzene rings is 8. The molecule has 0 spiro atoms. The zero-order valence-corrected chi connectivity index (χ0v) is 31.8. The maximum atomic E-state index is 2.47. The van der Waals surface area contributed by atoms with Gasteiger partial charge in [0.1, 0.15) is 0 Å². The SMILES string of the molecule is Cc1ccc(N(c2ccc(C3(C)CC(C)(C)c4ccc(N(c5ccc(C)cc5)c5ccc6ccccc6c5)cc43)cc2)c2ccc3ccccc3c2)cc1. The summed E-state index contributed by atoms with van der Waals surface area (Å²) < 4.78 is 0. The Kier molecular flexibility index (Phi) is 8.16. The predicted molar refractivity (Wildman–Crippen MR) is 231 cm³/mol. The average molecular weight is 699 g/mol. The third kappa shape index (κ3) is 5.93.